The number of carbonyl (C=O) groups is 3. The summed E-state index contributed by atoms with van der Waals surface area (Å²) in [7, 11) is 0. The second-order valence-electron chi connectivity index (χ2n) is 3.34. The third kappa shape index (κ3) is 4.48. The molecule has 0 unspecified atom stereocenters. The summed E-state index contributed by atoms with van der Waals surface area (Å²) in [4.78, 5) is 32.7. The van der Waals surface area contributed by atoms with Crippen LogP contribution in [0.3, 0.4) is 0 Å². The molecule has 0 aliphatic rings. The summed E-state index contributed by atoms with van der Waals surface area (Å²) in [5.41, 5.74) is 7.77. The van der Waals surface area contributed by atoms with Crippen LogP contribution in [0, 0.1) is 0 Å². The molecule has 6 nitrogen and oxygen atoms in total. The van der Waals surface area contributed by atoms with E-state index in [1.807, 2.05) is 30.3 Å². The molecule has 0 fully saturated rings. The molecule has 0 radical (unpaired) electrons. The first-order valence-corrected chi connectivity index (χ1v) is 5.18. The van der Waals surface area contributed by atoms with Crippen molar-refractivity contribution in [1.29, 1.82) is 0 Å². The first-order chi connectivity index (χ1) is 8.63. The van der Waals surface area contributed by atoms with Crippen molar-refractivity contribution in [1.82, 2.24) is 10.4 Å². The van der Waals surface area contributed by atoms with Crippen molar-refractivity contribution < 1.29 is 14.4 Å². The molecule has 0 atom stereocenters. The van der Waals surface area contributed by atoms with Gasteiger partial charge in [-0.2, -0.15) is 0 Å². The van der Waals surface area contributed by atoms with Crippen molar-refractivity contribution in [2.45, 2.75) is 0 Å². The predicted octanol–water partition coefficient (Wildman–Crippen LogP) is 0.311. The fourth-order valence-corrected chi connectivity index (χ4v) is 1.22. The molecule has 0 aliphatic heterocycles. The van der Waals surface area contributed by atoms with Crippen LogP contribution in [0.25, 0.3) is 6.08 Å². The van der Waals surface area contributed by atoms with Crippen molar-refractivity contribution in [3.8, 4) is 0 Å². The molecule has 6 heteroatoms. The lowest BCUT2D eigenvalue weighted by Gasteiger charge is -2.17. The van der Waals surface area contributed by atoms with Gasteiger partial charge in [-0.25, -0.2) is 15.2 Å². The van der Waals surface area contributed by atoms with Crippen LogP contribution in [-0.2, 0) is 9.59 Å². The van der Waals surface area contributed by atoms with E-state index in [1.165, 1.54) is 6.08 Å². The van der Waals surface area contributed by atoms with Crippen molar-refractivity contribution in [2.24, 2.45) is 5.73 Å². The summed E-state index contributed by atoms with van der Waals surface area (Å²) < 4.78 is 0. The van der Waals surface area contributed by atoms with E-state index in [0.29, 0.717) is 6.29 Å². The normalized spacial score (nSPS) is 10.0. The number of benzene rings is 1. The number of hydrazine groups is 1. The molecular formula is C12H13N3O3. The number of aldehydes is 1. The summed E-state index contributed by atoms with van der Waals surface area (Å²) in [6.45, 7) is -0.263. The topological polar surface area (TPSA) is 92.5 Å². The van der Waals surface area contributed by atoms with Crippen molar-refractivity contribution >= 4 is 24.3 Å². The van der Waals surface area contributed by atoms with Gasteiger partial charge in [0, 0.05) is 6.08 Å². The number of hydrogen-bond donors (Lipinski definition) is 2. The van der Waals surface area contributed by atoms with Gasteiger partial charge >= 0.3 is 6.03 Å². The Bertz CT molecular complexity index is 457. The van der Waals surface area contributed by atoms with Gasteiger partial charge in [-0.3, -0.25) is 4.79 Å². The highest BCUT2D eigenvalue weighted by Gasteiger charge is 2.10. The van der Waals surface area contributed by atoms with Gasteiger partial charge in [0.25, 0.3) is 5.91 Å². The quantitative estimate of drug-likeness (QED) is 0.455. The van der Waals surface area contributed by atoms with Crippen LogP contribution in [-0.4, -0.2) is 29.8 Å². The van der Waals surface area contributed by atoms with Gasteiger partial charge in [-0.15, -0.1) is 0 Å². The highest BCUT2D eigenvalue weighted by molar-refractivity contribution is 5.93. The molecule has 1 aromatic rings. The smallest absolute Gasteiger partial charge is 0.331 e. The Labute approximate surface area is 104 Å². The molecule has 3 amide bonds. The monoisotopic (exact) mass is 247 g/mol. The zero-order valence-corrected chi connectivity index (χ0v) is 9.58. The van der Waals surface area contributed by atoms with Gasteiger partial charge in [0.05, 0.1) is 6.54 Å². The van der Waals surface area contributed by atoms with E-state index in [1.54, 1.807) is 6.08 Å². The molecule has 0 aromatic heterocycles. The second-order valence-corrected chi connectivity index (χ2v) is 3.34. The maximum absolute atomic E-state index is 11.7. The Morgan fingerprint density at radius 1 is 1.28 bits per heavy atom. The zero-order valence-electron chi connectivity index (χ0n) is 9.58. The average molecular weight is 247 g/mol. The van der Waals surface area contributed by atoms with Gasteiger partial charge in [0.15, 0.2) is 0 Å². The molecule has 0 bridgehead atoms. The lowest BCUT2D eigenvalue weighted by atomic mass is 10.2. The van der Waals surface area contributed by atoms with Crippen LogP contribution >= 0.6 is 0 Å². The van der Waals surface area contributed by atoms with Crippen LogP contribution in [0.4, 0.5) is 4.79 Å². The van der Waals surface area contributed by atoms with Crippen molar-refractivity contribution in [3.05, 3.63) is 42.0 Å². The second kappa shape index (κ2) is 6.85. The molecule has 1 rings (SSSR count). The Balaban J connectivity index is 2.69. The molecule has 1 aromatic carbocycles. The van der Waals surface area contributed by atoms with Gasteiger partial charge in [0.1, 0.15) is 6.29 Å². The number of amides is 3. The van der Waals surface area contributed by atoms with E-state index >= 15 is 0 Å². The average Bonchev–Trinajstić information content (AvgIpc) is 2.36. The van der Waals surface area contributed by atoms with E-state index in [0.717, 1.165) is 10.6 Å². The SMILES string of the molecule is NC(=O)NN(CC=O)C(=O)C=Cc1ccccc1. The fraction of sp³-hybridized carbons (Fsp3) is 0.0833. The van der Waals surface area contributed by atoms with Crippen molar-refractivity contribution in [2.75, 3.05) is 6.54 Å². The highest BCUT2D eigenvalue weighted by atomic mass is 16.2. The molecule has 94 valence electrons. The number of urea groups is 1. The molecule has 0 aliphatic carbocycles. The maximum Gasteiger partial charge on any atom is 0.331 e. The molecule has 18 heavy (non-hydrogen) atoms. The predicted molar refractivity (Wildman–Crippen MR) is 66.0 cm³/mol. The van der Waals surface area contributed by atoms with E-state index in [2.05, 4.69) is 5.43 Å². The largest absolute Gasteiger partial charge is 0.350 e. The van der Waals surface area contributed by atoms with Crippen LogP contribution in [0.2, 0.25) is 0 Å². The van der Waals surface area contributed by atoms with Crippen LogP contribution in [0.5, 0.6) is 0 Å². The van der Waals surface area contributed by atoms with E-state index in [9.17, 15) is 14.4 Å². The number of nitrogens with one attached hydrogen (secondary N) is 1. The molecule has 0 spiro atoms. The Morgan fingerprint density at radius 2 is 1.94 bits per heavy atom. The number of hydrogen-bond acceptors (Lipinski definition) is 3. The van der Waals surface area contributed by atoms with Crippen LogP contribution < -0.4 is 11.2 Å². The van der Waals surface area contributed by atoms with Gasteiger partial charge in [-0.05, 0) is 11.6 Å². The van der Waals surface area contributed by atoms with Gasteiger partial charge in [-0.1, -0.05) is 30.3 Å². The summed E-state index contributed by atoms with van der Waals surface area (Å²) in [6.07, 6.45) is 3.31. The van der Waals surface area contributed by atoms with E-state index in [4.69, 9.17) is 5.73 Å². The Kier molecular flexibility index (Phi) is 5.11. The molecule has 0 heterocycles. The molecule has 3 N–H and O–H groups in total. The molecule has 0 saturated carbocycles. The third-order valence-electron chi connectivity index (χ3n) is 1.99. The van der Waals surface area contributed by atoms with E-state index in [-0.39, 0.29) is 6.54 Å². The van der Waals surface area contributed by atoms with Gasteiger partial charge in [0.2, 0.25) is 0 Å². The first kappa shape index (κ1) is 13.4. The van der Waals surface area contributed by atoms with E-state index < -0.39 is 11.9 Å². The summed E-state index contributed by atoms with van der Waals surface area (Å²) in [5.74, 6) is -0.537. The standard InChI is InChI=1S/C12H13N3O3/c13-12(18)14-15(8-9-16)11(17)7-6-10-4-2-1-3-5-10/h1-7,9H,8H2,(H3,13,14,18). The number of carbonyl (C=O) groups excluding carboxylic acids is 3. The van der Waals surface area contributed by atoms with Crippen molar-refractivity contribution in [3.63, 3.8) is 0 Å². The Morgan fingerprint density at radius 3 is 2.50 bits per heavy atom. The van der Waals surface area contributed by atoms with Crippen LogP contribution in [0.15, 0.2) is 36.4 Å². The molecule has 0 saturated heterocycles. The van der Waals surface area contributed by atoms with Crippen LogP contribution in [0.1, 0.15) is 5.56 Å². The summed E-state index contributed by atoms with van der Waals surface area (Å²) in [6, 6.07) is 8.24. The summed E-state index contributed by atoms with van der Waals surface area (Å²) >= 11 is 0. The van der Waals surface area contributed by atoms with Gasteiger partial charge < -0.3 is 10.5 Å². The first-order valence-electron chi connectivity index (χ1n) is 5.18. The summed E-state index contributed by atoms with van der Waals surface area (Å²) in [5, 5.41) is 0.828. The molecular weight excluding hydrogens is 234 g/mol. The lowest BCUT2D eigenvalue weighted by molar-refractivity contribution is -0.130. The third-order valence-corrected chi connectivity index (χ3v) is 1.99. The number of nitrogens with zero attached hydrogens (tertiary/aromatic N) is 1. The number of primary amides is 1. The minimum atomic E-state index is -0.904. The highest BCUT2D eigenvalue weighted by Crippen LogP contribution is 2.01. The minimum absolute atomic E-state index is 0.263. The zero-order chi connectivity index (χ0) is 13.4. The maximum atomic E-state index is 11.7. The Hall–Kier alpha value is -2.63. The lowest BCUT2D eigenvalue weighted by Crippen LogP contribution is -2.48. The fourth-order valence-electron chi connectivity index (χ4n) is 1.22. The number of nitrogens with two attached hydrogens (primary N) is 1. The minimum Gasteiger partial charge on any atom is -0.350 e. The number of rotatable bonds is 4.